The van der Waals surface area contributed by atoms with E-state index >= 15 is 0 Å². The summed E-state index contributed by atoms with van der Waals surface area (Å²) in [5.41, 5.74) is 3.06. The predicted molar refractivity (Wildman–Crippen MR) is 76.3 cm³/mol. The fraction of sp³-hybridized carbons (Fsp3) is 0.125. The summed E-state index contributed by atoms with van der Waals surface area (Å²) < 4.78 is 1.51. The van der Waals surface area contributed by atoms with Crippen LogP contribution in [0.15, 0.2) is 59.4 Å². The van der Waals surface area contributed by atoms with Crippen LogP contribution in [0.25, 0.3) is 10.9 Å². The van der Waals surface area contributed by atoms with Gasteiger partial charge >= 0.3 is 0 Å². The maximum absolute atomic E-state index is 12.0. The minimum Gasteiger partial charge on any atom is -0.268 e. The van der Waals surface area contributed by atoms with Crippen molar-refractivity contribution in [3.05, 3.63) is 76.1 Å². The number of hydrogen-bond donors (Lipinski definition) is 0. The number of benzene rings is 2. The molecule has 3 aromatic rings. The van der Waals surface area contributed by atoms with Crippen LogP contribution in [-0.4, -0.2) is 9.78 Å². The predicted octanol–water partition coefficient (Wildman–Crippen LogP) is 2.75. The average molecular weight is 250 g/mol. The molecule has 0 radical (unpaired) electrons. The van der Waals surface area contributed by atoms with Gasteiger partial charge in [-0.25, -0.2) is 4.68 Å². The van der Waals surface area contributed by atoms with Gasteiger partial charge in [0.05, 0.1) is 12.1 Å². The standard InChI is InChI=1S/C16H14N2O/c1-12-6-8-13(9-7-12)11-18-16(19)10-14-4-2-3-5-15(14)17-18/h2-10H,11H2,1H3. The van der Waals surface area contributed by atoms with Crippen LogP contribution >= 0.6 is 0 Å². The second kappa shape index (κ2) is 4.69. The van der Waals surface area contributed by atoms with Gasteiger partial charge in [0, 0.05) is 11.5 Å². The van der Waals surface area contributed by atoms with Crippen molar-refractivity contribution in [3.63, 3.8) is 0 Å². The molecule has 1 aromatic heterocycles. The lowest BCUT2D eigenvalue weighted by atomic mass is 10.1. The van der Waals surface area contributed by atoms with Crippen molar-refractivity contribution in [3.8, 4) is 0 Å². The second-order valence-corrected chi connectivity index (χ2v) is 4.68. The zero-order valence-corrected chi connectivity index (χ0v) is 10.7. The third kappa shape index (κ3) is 2.40. The van der Waals surface area contributed by atoms with E-state index in [0.717, 1.165) is 16.5 Å². The molecular formula is C16H14N2O. The van der Waals surface area contributed by atoms with Gasteiger partial charge in [-0.3, -0.25) is 4.79 Å². The Morgan fingerprint density at radius 1 is 1.05 bits per heavy atom. The summed E-state index contributed by atoms with van der Waals surface area (Å²) in [5.74, 6) is 0. The first kappa shape index (κ1) is 11.7. The fourth-order valence-corrected chi connectivity index (χ4v) is 2.07. The third-order valence-electron chi connectivity index (χ3n) is 3.15. The van der Waals surface area contributed by atoms with Gasteiger partial charge in [0.1, 0.15) is 0 Å². The first-order valence-corrected chi connectivity index (χ1v) is 6.25. The Morgan fingerprint density at radius 2 is 1.79 bits per heavy atom. The number of aromatic nitrogens is 2. The molecule has 0 saturated carbocycles. The maximum Gasteiger partial charge on any atom is 0.267 e. The summed E-state index contributed by atoms with van der Waals surface area (Å²) in [6.45, 7) is 2.55. The van der Waals surface area contributed by atoms with Crippen molar-refractivity contribution >= 4 is 10.9 Å². The van der Waals surface area contributed by atoms with E-state index in [4.69, 9.17) is 0 Å². The lowest BCUT2D eigenvalue weighted by Gasteiger charge is -2.06. The Labute approximate surface area is 111 Å². The quantitative estimate of drug-likeness (QED) is 0.701. The highest BCUT2D eigenvalue weighted by molar-refractivity contribution is 5.77. The van der Waals surface area contributed by atoms with E-state index in [1.165, 1.54) is 10.2 Å². The summed E-state index contributed by atoms with van der Waals surface area (Å²) in [5, 5.41) is 5.28. The summed E-state index contributed by atoms with van der Waals surface area (Å²) in [6.07, 6.45) is 0. The molecule has 0 N–H and O–H groups in total. The monoisotopic (exact) mass is 250 g/mol. The Hall–Kier alpha value is -2.42. The van der Waals surface area contributed by atoms with Crippen LogP contribution in [0, 0.1) is 6.92 Å². The van der Waals surface area contributed by atoms with Crippen LogP contribution in [0.4, 0.5) is 0 Å². The minimum absolute atomic E-state index is 0.0701. The van der Waals surface area contributed by atoms with Crippen LogP contribution in [0.1, 0.15) is 11.1 Å². The zero-order valence-electron chi connectivity index (χ0n) is 10.7. The third-order valence-corrected chi connectivity index (χ3v) is 3.15. The highest BCUT2D eigenvalue weighted by atomic mass is 16.1. The molecule has 0 fully saturated rings. The van der Waals surface area contributed by atoms with Crippen molar-refractivity contribution in [1.82, 2.24) is 9.78 Å². The Morgan fingerprint density at radius 3 is 2.58 bits per heavy atom. The Bertz CT molecular complexity index is 773. The lowest BCUT2D eigenvalue weighted by molar-refractivity contribution is 0.653. The number of rotatable bonds is 2. The molecule has 0 aliphatic heterocycles. The van der Waals surface area contributed by atoms with E-state index in [1.54, 1.807) is 6.07 Å². The molecule has 0 bridgehead atoms. The molecule has 3 rings (SSSR count). The van der Waals surface area contributed by atoms with E-state index in [0.29, 0.717) is 6.54 Å². The fourth-order valence-electron chi connectivity index (χ4n) is 2.07. The second-order valence-electron chi connectivity index (χ2n) is 4.68. The van der Waals surface area contributed by atoms with Crippen LogP contribution in [-0.2, 0) is 6.54 Å². The average Bonchev–Trinajstić information content (AvgIpc) is 2.42. The minimum atomic E-state index is -0.0701. The largest absolute Gasteiger partial charge is 0.268 e. The SMILES string of the molecule is Cc1ccc(Cn2nc3ccccc3cc2=O)cc1. The number of fused-ring (bicyclic) bond motifs is 1. The molecule has 0 amide bonds. The van der Waals surface area contributed by atoms with Gasteiger partial charge < -0.3 is 0 Å². The molecule has 0 saturated heterocycles. The van der Waals surface area contributed by atoms with Crippen molar-refractivity contribution < 1.29 is 0 Å². The van der Waals surface area contributed by atoms with E-state index in [1.807, 2.05) is 55.5 Å². The first-order chi connectivity index (χ1) is 9.22. The van der Waals surface area contributed by atoms with Crippen LogP contribution in [0.5, 0.6) is 0 Å². The van der Waals surface area contributed by atoms with Gasteiger partial charge in [-0.2, -0.15) is 5.10 Å². The number of aryl methyl sites for hydroxylation is 1. The van der Waals surface area contributed by atoms with E-state index in [-0.39, 0.29) is 5.56 Å². The summed E-state index contributed by atoms with van der Waals surface area (Å²) >= 11 is 0. The highest BCUT2D eigenvalue weighted by Crippen LogP contribution is 2.08. The molecule has 0 spiro atoms. The molecule has 3 nitrogen and oxygen atoms in total. The lowest BCUT2D eigenvalue weighted by Crippen LogP contribution is -2.22. The normalized spacial score (nSPS) is 10.8. The van der Waals surface area contributed by atoms with Gasteiger partial charge in [-0.05, 0) is 18.6 Å². The molecule has 94 valence electrons. The van der Waals surface area contributed by atoms with E-state index in [9.17, 15) is 4.79 Å². The van der Waals surface area contributed by atoms with Crippen LogP contribution in [0.2, 0.25) is 0 Å². The zero-order chi connectivity index (χ0) is 13.2. The molecule has 3 heteroatoms. The Kier molecular flexibility index (Phi) is 2.88. The van der Waals surface area contributed by atoms with E-state index in [2.05, 4.69) is 5.10 Å². The summed E-state index contributed by atoms with van der Waals surface area (Å²) in [6, 6.07) is 17.4. The molecule has 0 aliphatic carbocycles. The van der Waals surface area contributed by atoms with Crippen molar-refractivity contribution in [2.75, 3.05) is 0 Å². The topological polar surface area (TPSA) is 34.9 Å². The van der Waals surface area contributed by atoms with Gasteiger partial charge in [0.25, 0.3) is 5.56 Å². The molecule has 2 aromatic carbocycles. The van der Waals surface area contributed by atoms with Crippen molar-refractivity contribution in [2.24, 2.45) is 0 Å². The summed E-state index contributed by atoms with van der Waals surface area (Å²) in [7, 11) is 0. The molecule has 1 heterocycles. The van der Waals surface area contributed by atoms with Crippen molar-refractivity contribution in [2.45, 2.75) is 13.5 Å². The first-order valence-electron chi connectivity index (χ1n) is 6.25. The molecule has 0 unspecified atom stereocenters. The Balaban J connectivity index is 2.03. The molecular weight excluding hydrogens is 236 g/mol. The smallest absolute Gasteiger partial charge is 0.267 e. The number of hydrogen-bond acceptors (Lipinski definition) is 2. The number of nitrogens with zero attached hydrogens (tertiary/aromatic N) is 2. The van der Waals surface area contributed by atoms with Crippen molar-refractivity contribution in [1.29, 1.82) is 0 Å². The molecule has 0 atom stereocenters. The highest BCUT2D eigenvalue weighted by Gasteiger charge is 2.02. The van der Waals surface area contributed by atoms with Crippen LogP contribution < -0.4 is 5.56 Å². The molecule has 0 aliphatic rings. The van der Waals surface area contributed by atoms with E-state index < -0.39 is 0 Å². The van der Waals surface area contributed by atoms with Gasteiger partial charge in [0.2, 0.25) is 0 Å². The summed E-state index contributed by atoms with van der Waals surface area (Å²) in [4.78, 5) is 12.0. The maximum atomic E-state index is 12.0. The van der Waals surface area contributed by atoms with Gasteiger partial charge in [-0.15, -0.1) is 0 Å². The molecule has 19 heavy (non-hydrogen) atoms. The van der Waals surface area contributed by atoms with Crippen LogP contribution in [0.3, 0.4) is 0 Å². The van der Waals surface area contributed by atoms with Gasteiger partial charge in [-0.1, -0.05) is 48.0 Å². The van der Waals surface area contributed by atoms with Gasteiger partial charge in [0.15, 0.2) is 0 Å².